The van der Waals surface area contributed by atoms with Gasteiger partial charge in [-0.1, -0.05) is 24.3 Å². The van der Waals surface area contributed by atoms with E-state index in [0.29, 0.717) is 6.42 Å². The summed E-state index contributed by atoms with van der Waals surface area (Å²) in [4.78, 5) is 13.0. The Labute approximate surface area is 116 Å². The Morgan fingerprint density at radius 3 is 2.80 bits per heavy atom. The van der Waals surface area contributed by atoms with Crippen LogP contribution in [0, 0.1) is 0 Å². The summed E-state index contributed by atoms with van der Waals surface area (Å²) >= 11 is 0. The molecular formula is C15H15N5. The Balaban J connectivity index is 1.87. The molecule has 5 heteroatoms. The lowest BCUT2D eigenvalue weighted by Crippen LogP contribution is -2.30. The highest BCUT2D eigenvalue weighted by molar-refractivity contribution is 5.78. The number of fused-ring (bicyclic) bond motifs is 1. The molecule has 0 aliphatic rings. The Kier molecular flexibility index (Phi) is 3.62. The molecule has 2 aromatic heterocycles. The van der Waals surface area contributed by atoms with E-state index < -0.39 is 0 Å². The summed E-state index contributed by atoms with van der Waals surface area (Å²) in [5, 5.41) is 1.13. The molecule has 0 aliphatic heterocycles. The molecule has 3 rings (SSSR count). The van der Waals surface area contributed by atoms with E-state index in [9.17, 15) is 0 Å². The highest BCUT2D eigenvalue weighted by atomic mass is 15.2. The number of rotatable bonds is 4. The van der Waals surface area contributed by atoms with Gasteiger partial charge < -0.3 is 0 Å². The lowest BCUT2D eigenvalue weighted by Gasteiger charge is -2.14. The minimum atomic E-state index is -0.0997. The largest absolute Gasteiger partial charge is 0.271 e. The number of hydrogen-bond donors (Lipinski definition) is 2. The van der Waals surface area contributed by atoms with Gasteiger partial charge in [0.05, 0.1) is 23.4 Å². The van der Waals surface area contributed by atoms with Gasteiger partial charge in [-0.3, -0.25) is 26.2 Å². The molecule has 1 atom stereocenters. The van der Waals surface area contributed by atoms with Gasteiger partial charge in [0, 0.05) is 29.9 Å². The number of hydrogen-bond acceptors (Lipinski definition) is 5. The highest BCUT2D eigenvalue weighted by Gasteiger charge is 2.13. The van der Waals surface area contributed by atoms with E-state index in [1.165, 1.54) is 0 Å². The zero-order valence-corrected chi connectivity index (χ0v) is 10.9. The molecule has 0 saturated heterocycles. The summed E-state index contributed by atoms with van der Waals surface area (Å²) in [6.07, 6.45) is 5.68. The van der Waals surface area contributed by atoms with Crippen molar-refractivity contribution in [3.8, 4) is 0 Å². The van der Waals surface area contributed by atoms with Gasteiger partial charge in [0.2, 0.25) is 0 Å². The van der Waals surface area contributed by atoms with Crippen LogP contribution in [0.5, 0.6) is 0 Å². The van der Waals surface area contributed by atoms with E-state index in [1.807, 2.05) is 30.3 Å². The summed E-state index contributed by atoms with van der Waals surface area (Å²) in [7, 11) is 0. The second kappa shape index (κ2) is 5.73. The van der Waals surface area contributed by atoms with E-state index >= 15 is 0 Å². The Morgan fingerprint density at radius 1 is 1.10 bits per heavy atom. The summed E-state index contributed by atoms with van der Waals surface area (Å²) in [5.74, 6) is 5.62. The van der Waals surface area contributed by atoms with Gasteiger partial charge >= 0.3 is 0 Å². The Hall–Kier alpha value is -2.37. The van der Waals surface area contributed by atoms with Crippen LogP contribution in [0.15, 0.2) is 55.0 Å². The number of pyridine rings is 1. The van der Waals surface area contributed by atoms with Crippen LogP contribution in [0.3, 0.4) is 0 Å². The fourth-order valence-electron chi connectivity index (χ4n) is 2.17. The molecule has 3 aromatic rings. The molecule has 1 unspecified atom stereocenters. The van der Waals surface area contributed by atoms with E-state index in [2.05, 4.69) is 26.4 Å². The summed E-state index contributed by atoms with van der Waals surface area (Å²) in [6.45, 7) is 0. The molecule has 100 valence electrons. The maximum atomic E-state index is 5.62. The third kappa shape index (κ3) is 2.64. The molecule has 0 spiro atoms. The van der Waals surface area contributed by atoms with Crippen molar-refractivity contribution < 1.29 is 0 Å². The second-order valence-corrected chi connectivity index (χ2v) is 4.55. The molecule has 2 heterocycles. The van der Waals surface area contributed by atoms with Gasteiger partial charge in [0.15, 0.2) is 0 Å². The van der Waals surface area contributed by atoms with Crippen molar-refractivity contribution in [3.63, 3.8) is 0 Å². The SMILES string of the molecule is NNC(Cc1ccc2ccccc2n1)c1cnccn1. The number of para-hydroxylation sites is 1. The summed E-state index contributed by atoms with van der Waals surface area (Å²) in [6, 6.07) is 12.0. The average molecular weight is 265 g/mol. The van der Waals surface area contributed by atoms with Crippen LogP contribution in [0.25, 0.3) is 10.9 Å². The molecule has 1 aromatic carbocycles. The minimum Gasteiger partial charge on any atom is -0.271 e. The van der Waals surface area contributed by atoms with Gasteiger partial charge in [-0.2, -0.15) is 0 Å². The predicted molar refractivity (Wildman–Crippen MR) is 77.5 cm³/mol. The fourth-order valence-corrected chi connectivity index (χ4v) is 2.17. The Morgan fingerprint density at radius 2 is 2.00 bits per heavy atom. The molecule has 0 bridgehead atoms. The number of benzene rings is 1. The molecular weight excluding hydrogens is 250 g/mol. The number of nitrogens with two attached hydrogens (primary N) is 1. The smallest absolute Gasteiger partial charge is 0.0773 e. The summed E-state index contributed by atoms with van der Waals surface area (Å²) in [5.41, 5.74) is 5.54. The van der Waals surface area contributed by atoms with E-state index in [0.717, 1.165) is 22.3 Å². The molecule has 0 aliphatic carbocycles. The zero-order chi connectivity index (χ0) is 13.8. The quantitative estimate of drug-likeness (QED) is 0.555. The van der Waals surface area contributed by atoms with E-state index in [4.69, 9.17) is 5.84 Å². The lowest BCUT2D eigenvalue weighted by atomic mass is 10.1. The summed E-state index contributed by atoms with van der Waals surface area (Å²) < 4.78 is 0. The molecule has 0 saturated carbocycles. The van der Waals surface area contributed by atoms with E-state index in [-0.39, 0.29) is 6.04 Å². The van der Waals surface area contributed by atoms with Crippen LogP contribution in [0.2, 0.25) is 0 Å². The Bertz CT molecular complexity index is 699. The third-order valence-corrected chi connectivity index (χ3v) is 3.21. The van der Waals surface area contributed by atoms with Crippen LogP contribution in [0.4, 0.5) is 0 Å². The van der Waals surface area contributed by atoms with Crippen molar-refractivity contribution in [2.24, 2.45) is 5.84 Å². The molecule has 0 radical (unpaired) electrons. The standard InChI is InChI=1S/C15H15N5/c16-20-14(15-10-17-7-8-18-15)9-12-6-5-11-3-1-2-4-13(11)19-12/h1-8,10,14,20H,9,16H2. The molecule has 3 N–H and O–H groups in total. The van der Waals surface area contributed by atoms with Crippen molar-refractivity contribution in [1.29, 1.82) is 0 Å². The van der Waals surface area contributed by atoms with Gasteiger partial charge in [-0.05, 0) is 12.1 Å². The molecule has 20 heavy (non-hydrogen) atoms. The number of nitrogens with one attached hydrogen (secondary N) is 1. The lowest BCUT2D eigenvalue weighted by molar-refractivity contribution is 0.531. The zero-order valence-electron chi connectivity index (χ0n) is 10.9. The number of aromatic nitrogens is 3. The molecule has 0 fully saturated rings. The van der Waals surface area contributed by atoms with Crippen LogP contribution in [0.1, 0.15) is 17.4 Å². The van der Waals surface area contributed by atoms with Crippen LogP contribution < -0.4 is 11.3 Å². The maximum Gasteiger partial charge on any atom is 0.0773 e. The monoisotopic (exact) mass is 265 g/mol. The second-order valence-electron chi connectivity index (χ2n) is 4.55. The highest BCUT2D eigenvalue weighted by Crippen LogP contribution is 2.17. The van der Waals surface area contributed by atoms with E-state index in [1.54, 1.807) is 18.6 Å². The number of nitrogens with zero attached hydrogens (tertiary/aromatic N) is 3. The van der Waals surface area contributed by atoms with Crippen LogP contribution in [-0.2, 0) is 6.42 Å². The van der Waals surface area contributed by atoms with Crippen LogP contribution in [-0.4, -0.2) is 15.0 Å². The fraction of sp³-hybridized carbons (Fsp3) is 0.133. The van der Waals surface area contributed by atoms with Gasteiger partial charge in [-0.15, -0.1) is 0 Å². The van der Waals surface area contributed by atoms with Gasteiger partial charge in [0.1, 0.15) is 0 Å². The van der Waals surface area contributed by atoms with Gasteiger partial charge in [-0.25, -0.2) is 0 Å². The molecule has 0 amide bonds. The van der Waals surface area contributed by atoms with Crippen molar-refractivity contribution in [2.75, 3.05) is 0 Å². The third-order valence-electron chi connectivity index (χ3n) is 3.21. The first-order valence-corrected chi connectivity index (χ1v) is 6.43. The first-order valence-electron chi connectivity index (χ1n) is 6.43. The van der Waals surface area contributed by atoms with Gasteiger partial charge in [0.25, 0.3) is 0 Å². The normalized spacial score (nSPS) is 12.4. The van der Waals surface area contributed by atoms with Crippen molar-refractivity contribution in [3.05, 3.63) is 66.4 Å². The molecule has 5 nitrogen and oxygen atoms in total. The minimum absolute atomic E-state index is 0.0997. The first-order chi connectivity index (χ1) is 9.86. The van der Waals surface area contributed by atoms with Crippen molar-refractivity contribution in [2.45, 2.75) is 12.5 Å². The van der Waals surface area contributed by atoms with Crippen molar-refractivity contribution in [1.82, 2.24) is 20.4 Å². The average Bonchev–Trinajstić information content (AvgIpc) is 2.53. The van der Waals surface area contributed by atoms with Crippen molar-refractivity contribution >= 4 is 10.9 Å². The number of hydrazine groups is 1. The first kappa shape index (κ1) is 12.7. The predicted octanol–water partition coefficient (Wildman–Crippen LogP) is 1.77. The van der Waals surface area contributed by atoms with Crippen LogP contribution >= 0.6 is 0 Å². The topological polar surface area (TPSA) is 76.7 Å². The maximum absolute atomic E-state index is 5.62.